The van der Waals surface area contributed by atoms with Crippen molar-refractivity contribution < 1.29 is 14.2 Å². The molecule has 20 heavy (non-hydrogen) atoms. The minimum absolute atomic E-state index is 0.0155. The second-order valence-electron chi connectivity index (χ2n) is 5.96. The van der Waals surface area contributed by atoms with E-state index in [0.717, 1.165) is 23.6 Å². The largest absolute Gasteiger partial charge is 0.497 e. The number of ether oxygens (including phenoxy) is 3. The highest BCUT2D eigenvalue weighted by Gasteiger charge is 2.13. The Bertz CT molecular complexity index is 413. The van der Waals surface area contributed by atoms with Crippen LogP contribution in [0.3, 0.4) is 0 Å². The molecule has 0 bridgehead atoms. The van der Waals surface area contributed by atoms with Crippen LogP contribution in [0.2, 0.25) is 0 Å². The highest BCUT2D eigenvalue weighted by Crippen LogP contribution is 2.25. The van der Waals surface area contributed by atoms with Crippen LogP contribution < -0.4 is 14.8 Å². The van der Waals surface area contributed by atoms with Gasteiger partial charge in [-0.05, 0) is 45.9 Å². The van der Waals surface area contributed by atoms with E-state index >= 15 is 0 Å². The Hall–Kier alpha value is -1.26. The molecule has 1 aromatic carbocycles. The molecule has 0 spiro atoms. The number of methoxy groups -OCH3 is 2. The van der Waals surface area contributed by atoms with Gasteiger partial charge in [-0.25, -0.2) is 0 Å². The Morgan fingerprint density at radius 1 is 1.20 bits per heavy atom. The van der Waals surface area contributed by atoms with Gasteiger partial charge in [-0.15, -0.1) is 0 Å². The summed E-state index contributed by atoms with van der Waals surface area (Å²) in [6, 6.07) is 5.87. The Labute approximate surface area is 122 Å². The summed E-state index contributed by atoms with van der Waals surface area (Å²) < 4.78 is 16.3. The van der Waals surface area contributed by atoms with Crippen molar-refractivity contribution in [3.63, 3.8) is 0 Å². The normalized spacial score (nSPS) is 13.1. The van der Waals surface area contributed by atoms with Gasteiger partial charge in [0.25, 0.3) is 0 Å². The van der Waals surface area contributed by atoms with Gasteiger partial charge in [-0.1, -0.05) is 0 Å². The molecule has 0 radical (unpaired) electrons. The summed E-state index contributed by atoms with van der Waals surface area (Å²) in [5.41, 5.74) is 1.14. The molecule has 1 rings (SSSR count). The number of hydrogen-bond donors (Lipinski definition) is 1. The van der Waals surface area contributed by atoms with Crippen molar-refractivity contribution in [1.82, 2.24) is 5.32 Å². The fourth-order valence-corrected chi connectivity index (χ4v) is 1.78. The summed E-state index contributed by atoms with van der Waals surface area (Å²) >= 11 is 0. The Morgan fingerprint density at radius 2 is 1.90 bits per heavy atom. The van der Waals surface area contributed by atoms with E-state index in [1.54, 1.807) is 14.2 Å². The standard InChI is InChI=1S/C16H27NO3/c1-12(11-18-5)20-15-8-7-14(19-6)9-13(15)10-17-16(2,3)4/h7-9,12,17H,10-11H2,1-6H3. The van der Waals surface area contributed by atoms with Crippen molar-refractivity contribution in [2.75, 3.05) is 20.8 Å². The highest BCUT2D eigenvalue weighted by molar-refractivity contribution is 5.40. The van der Waals surface area contributed by atoms with E-state index in [1.807, 2.05) is 25.1 Å². The molecular formula is C16H27NO3. The fourth-order valence-electron chi connectivity index (χ4n) is 1.78. The Balaban J connectivity index is 2.86. The van der Waals surface area contributed by atoms with Crippen LogP contribution in [0.1, 0.15) is 33.3 Å². The van der Waals surface area contributed by atoms with E-state index in [2.05, 4.69) is 26.1 Å². The molecule has 1 N–H and O–H groups in total. The Kier molecular flexibility index (Phi) is 6.30. The van der Waals surface area contributed by atoms with Crippen LogP contribution in [-0.4, -0.2) is 32.5 Å². The molecule has 0 aliphatic heterocycles. The van der Waals surface area contributed by atoms with E-state index in [0.29, 0.717) is 6.61 Å². The van der Waals surface area contributed by atoms with Gasteiger partial charge in [0.05, 0.1) is 13.7 Å². The van der Waals surface area contributed by atoms with Crippen LogP contribution in [0.4, 0.5) is 0 Å². The summed E-state index contributed by atoms with van der Waals surface area (Å²) in [7, 11) is 3.35. The molecule has 1 unspecified atom stereocenters. The predicted molar refractivity (Wildman–Crippen MR) is 81.6 cm³/mol. The summed E-state index contributed by atoms with van der Waals surface area (Å²) in [5.74, 6) is 1.70. The molecule has 0 heterocycles. The average Bonchev–Trinajstić information content (AvgIpc) is 2.37. The van der Waals surface area contributed by atoms with Crippen LogP contribution in [-0.2, 0) is 11.3 Å². The van der Waals surface area contributed by atoms with Gasteiger partial charge in [0.1, 0.15) is 17.6 Å². The minimum Gasteiger partial charge on any atom is -0.497 e. The van der Waals surface area contributed by atoms with Gasteiger partial charge in [-0.2, -0.15) is 0 Å². The summed E-state index contributed by atoms with van der Waals surface area (Å²) in [5, 5.41) is 3.47. The summed E-state index contributed by atoms with van der Waals surface area (Å²) in [6.45, 7) is 9.71. The fraction of sp³-hybridized carbons (Fsp3) is 0.625. The van der Waals surface area contributed by atoms with Crippen molar-refractivity contribution in [3.05, 3.63) is 23.8 Å². The molecule has 1 atom stereocenters. The second kappa shape index (κ2) is 7.50. The van der Waals surface area contributed by atoms with Crippen molar-refractivity contribution in [1.29, 1.82) is 0 Å². The molecule has 4 nitrogen and oxygen atoms in total. The van der Waals surface area contributed by atoms with Crippen LogP contribution in [0, 0.1) is 0 Å². The SMILES string of the molecule is COCC(C)Oc1ccc(OC)cc1CNC(C)(C)C. The number of nitrogens with one attached hydrogen (secondary N) is 1. The lowest BCUT2D eigenvalue weighted by atomic mass is 10.1. The molecule has 0 saturated carbocycles. The van der Waals surface area contributed by atoms with E-state index in [1.165, 1.54) is 0 Å². The van der Waals surface area contributed by atoms with Crippen molar-refractivity contribution in [2.24, 2.45) is 0 Å². The third-order valence-electron chi connectivity index (χ3n) is 2.81. The molecule has 4 heteroatoms. The molecule has 0 fully saturated rings. The minimum atomic E-state index is 0.0155. The van der Waals surface area contributed by atoms with Crippen molar-refractivity contribution in [2.45, 2.75) is 45.9 Å². The summed E-state index contributed by atoms with van der Waals surface area (Å²) in [6.07, 6.45) is 0.0155. The van der Waals surface area contributed by atoms with Gasteiger partial charge in [0.15, 0.2) is 0 Å². The first-order valence-corrected chi connectivity index (χ1v) is 6.93. The number of benzene rings is 1. The maximum atomic E-state index is 5.93. The van der Waals surface area contributed by atoms with E-state index in [9.17, 15) is 0 Å². The van der Waals surface area contributed by atoms with Gasteiger partial charge >= 0.3 is 0 Å². The van der Waals surface area contributed by atoms with Gasteiger partial charge in [-0.3, -0.25) is 0 Å². The highest BCUT2D eigenvalue weighted by atomic mass is 16.5. The smallest absolute Gasteiger partial charge is 0.124 e. The zero-order chi connectivity index (χ0) is 15.2. The van der Waals surface area contributed by atoms with Gasteiger partial charge in [0, 0.05) is 24.8 Å². The number of rotatable bonds is 7. The zero-order valence-electron chi connectivity index (χ0n) is 13.4. The lowest BCUT2D eigenvalue weighted by molar-refractivity contribution is 0.0912. The third kappa shape index (κ3) is 5.80. The first-order chi connectivity index (χ1) is 9.35. The molecule has 0 aliphatic carbocycles. The number of hydrogen-bond acceptors (Lipinski definition) is 4. The van der Waals surface area contributed by atoms with E-state index < -0.39 is 0 Å². The lowest BCUT2D eigenvalue weighted by Gasteiger charge is -2.23. The molecule has 114 valence electrons. The maximum Gasteiger partial charge on any atom is 0.124 e. The van der Waals surface area contributed by atoms with Crippen molar-refractivity contribution in [3.8, 4) is 11.5 Å². The molecule has 1 aromatic rings. The van der Waals surface area contributed by atoms with Crippen LogP contribution in [0.15, 0.2) is 18.2 Å². The summed E-state index contributed by atoms with van der Waals surface area (Å²) in [4.78, 5) is 0. The average molecular weight is 281 g/mol. The molecular weight excluding hydrogens is 254 g/mol. The third-order valence-corrected chi connectivity index (χ3v) is 2.81. The molecule has 0 amide bonds. The van der Waals surface area contributed by atoms with Crippen LogP contribution in [0.25, 0.3) is 0 Å². The monoisotopic (exact) mass is 281 g/mol. The molecule has 0 aromatic heterocycles. The van der Waals surface area contributed by atoms with Crippen LogP contribution in [0.5, 0.6) is 11.5 Å². The first-order valence-electron chi connectivity index (χ1n) is 6.93. The van der Waals surface area contributed by atoms with Crippen molar-refractivity contribution >= 4 is 0 Å². The molecule has 0 aliphatic rings. The second-order valence-corrected chi connectivity index (χ2v) is 5.96. The Morgan fingerprint density at radius 3 is 2.45 bits per heavy atom. The van der Waals surface area contributed by atoms with Gasteiger partial charge in [0.2, 0.25) is 0 Å². The van der Waals surface area contributed by atoms with Crippen LogP contribution >= 0.6 is 0 Å². The van der Waals surface area contributed by atoms with E-state index in [-0.39, 0.29) is 11.6 Å². The van der Waals surface area contributed by atoms with E-state index in [4.69, 9.17) is 14.2 Å². The zero-order valence-corrected chi connectivity index (χ0v) is 13.4. The quantitative estimate of drug-likeness (QED) is 0.834. The first kappa shape index (κ1) is 16.8. The topological polar surface area (TPSA) is 39.7 Å². The maximum absolute atomic E-state index is 5.93. The lowest BCUT2D eigenvalue weighted by Crippen LogP contribution is -2.35. The predicted octanol–water partition coefficient (Wildman–Crippen LogP) is 3.00. The van der Waals surface area contributed by atoms with Gasteiger partial charge < -0.3 is 19.5 Å². The molecule has 0 saturated heterocycles.